The Morgan fingerprint density at radius 1 is 1.23 bits per heavy atom. The number of fused-ring (bicyclic) bond motifs is 1. The van der Waals surface area contributed by atoms with Crippen LogP contribution >= 0.6 is 0 Å². The van der Waals surface area contributed by atoms with E-state index >= 15 is 0 Å². The Balaban J connectivity index is 1.33. The monoisotopic (exact) mass is 536 g/mol. The number of halogens is 1. The fraction of sp³-hybridized carbons (Fsp3) is 0.444. The van der Waals surface area contributed by atoms with E-state index in [0.29, 0.717) is 50.3 Å². The van der Waals surface area contributed by atoms with Crippen molar-refractivity contribution in [2.45, 2.75) is 57.7 Å². The molecule has 206 valence electrons. The third-order valence-electron chi connectivity index (χ3n) is 7.09. The van der Waals surface area contributed by atoms with Gasteiger partial charge < -0.3 is 25.6 Å². The van der Waals surface area contributed by atoms with Crippen molar-refractivity contribution in [1.82, 2.24) is 24.5 Å². The first kappa shape index (κ1) is 26.5. The molecule has 0 bridgehead atoms. The van der Waals surface area contributed by atoms with Gasteiger partial charge in [0.1, 0.15) is 11.9 Å². The molecule has 5 rings (SSSR count). The minimum atomic E-state index is -0.636. The summed E-state index contributed by atoms with van der Waals surface area (Å²) in [5, 5.41) is 13.8. The van der Waals surface area contributed by atoms with E-state index in [1.807, 2.05) is 0 Å². The van der Waals surface area contributed by atoms with E-state index in [1.54, 1.807) is 22.8 Å². The molecule has 39 heavy (non-hydrogen) atoms. The van der Waals surface area contributed by atoms with Crippen molar-refractivity contribution in [2.75, 3.05) is 35.7 Å². The Hall–Kier alpha value is -4.06. The number of hydrogen-bond donors (Lipinski definition) is 3. The third-order valence-corrected chi connectivity index (χ3v) is 7.09. The molecule has 2 aromatic heterocycles. The highest BCUT2D eigenvalue weighted by Gasteiger charge is 2.36. The fourth-order valence-corrected chi connectivity index (χ4v) is 4.72. The fourth-order valence-electron chi connectivity index (χ4n) is 4.72. The first-order chi connectivity index (χ1) is 18.8. The van der Waals surface area contributed by atoms with Crippen LogP contribution in [0.4, 0.5) is 22.0 Å². The summed E-state index contributed by atoms with van der Waals surface area (Å²) in [7, 11) is 0. The Labute approximate surface area is 225 Å². The number of hydrogen-bond acceptors (Lipinski definition) is 8. The van der Waals surface area contributed by atoms with Gasteiger partial charge in [-0.25, -0.2) is 4.39 Å². The largest absolute Gasteiger partial charge is 0.381 e. The molecule has 12 heteroatoms. The van der Waals surface area contributed by atoms with E-state index in [2.05, 4.69) is 46.5 Å². The lowest BCUT2D eigenvalue weighted by Crippen LogP contribution is -2.56. The number of rotatable bonds is 9. The SMILES string of the molecule is C=CC(=O)N1CCC1C(=O)Nc1cc(CNc2nc(NC3CCOCC3)nc3c(C(C)C)cnn23)ccc1F. The highest BCUT2D eigenvalue weighted by Crippen LogP contribution is 2.25. The number of amides is 2. The number of carbonyl (C=O) groups excluding carboxylic acids is 2. The van der Waals surface area contributed by atoms with Crippen LogP contribution < -0.4 is 16.0 Å². The normalized spacial score (nSPS) is 17.6. The molecule has 2 aliphatic heterocycles. The van der Waals surface area contributed by atoms with Crippen LogP contribution in [0.3, 0.4) is 0 Å². The van der Waals surface area contributed by atoms with E-state index in [9.17, 15) is 14.0 Å². The summed E-state index contributed by atoms with van der Waals surface area (Å²) in [5.41, 5.74) is 2.49. The number of likely N-dealkylation sites (tertiary alicyclic amines) is 1. The molecule has 0 spiro atoms. The van der Waals surface area contributed by atoms with E-state index in [-0.39, 0.29) is 23.6 Å². The summed E-state index contributed by atoms with van der Waals surface area (Å²) in [6.45, 7) is 9.80. The molecule has 3 aromatic rings. The molecule has 2 aliphatic rings. The van der Waals surface area contributed by atoms with Crippen molar-refractivity contribution in [1.29, 1.82) is 0 Å². The zero-order valence-corrected chi connectivity index (χ0v) is 22.1. The number of nitrogens with zero attached hydrogens (tertiary/aromatic N) is 5. The zero-order chi connectivity index (χ0) is 27.5. The predicted molar refractivity (Wildman–Crippen MR) is 145 cm³/mol. The van der Waals surface area contributed by atoms with Crippen molar-refractivity contribution in [2.24, 2.45) is 0 Å². The molecular weight excluding hydrogens is 503 g/mol. The Morgan fingerprint density at radius 3 is 2.72 bits per heavy atom. The molecule has 2 amide bonds. The molecule has 11 nitrogen and oxygen atoms in total. The summed E-state index contributed by atoms with van der Waals surface area (Å²) in [6, 6.07) is 4.09. The van der Waals surface area contributed by atoms with E-state index < -0.39 is 17.8 Å². The Kier molecular flexibility index (Phi) is 7.73. The topological polar surface area (TPSA) is 126 Å². The van der Waals surface area contributed by atoms with Crippen molar-refractivity contribution < 1.29 is 18.7 Å². The van der Waals surface area contributed by atoms with Gasteiger partial charge in [0.25, 0.3) is 0 Å². The Morgan fingerprint density at radius 2 is 2.03 bits per heavy atom. The lowest BCUT2D eigenvalue weighted by molar-refractivity contribution is -0.141. The minimum Gasteiger partial charge on any atom is -0.381 e. The maximum atomic E-state index is 14.6. The molecule has 0 radical (unpaired) electrons. The quantitative estimate of drug-likeness (QED) is 0.356. The predicted octanol–water partition coefficient (Wildman–Crippen LogP) is 3.32. The second-order valence-electron chi connectivity index (χ2n) is 10.1. The number of aromatic nitrogens is 4. The van der Waals surface area contributed by atoms with E-state index in [0.717, 1.165) is 24.0 Å². The van der Waals surface area contributed by atoms with Crippen LogP contribution in [0.15, 0.2) is 37.1 Å². The van der Waals surface area contributed by atoms with Crippen LogP contribution in [0.5, 0.6) is 0 Å². The standard InChI is InChI=1S/C27H33FN8O3/c1-4-23(37)35-10-7-22(35)25(38)32-21-13-17(5-6-20(21)28)14-29-27-34-26(31-18-8-11-39-12-9-18)33-24-19(16(2)3)15-30-36(24)27/h4-6,13,15-16,18,22H,1,7-12,14H2,2-3H3,(H,32,38)(H2,29,31,33,34). The highest BCUT2D eigenvalue weighted by atomic mass is 19.1. The van der Waals surface area contributed by atoms with Gasteiger partial charge in [0.2, 0.25) is 23.7 Å². The molecule has 1 atom stereocenters. The number of anilines is 3. The second-order valence-corrected chi connectivity index (χ2v) is 10.1. The smallest absolute Gasteiger partial charge is 0.247 e. The average molecular weight is 537 g/mol. The van der Waals surface area contributed by atoms with Crippen LogP contribution in [0.25, 0.3) is 5.65 Å². The van der Waals surface area contributed by atoms with Crippen LogP contribution in [0, 0.1) is 5.82 Å². The maximum absolute atomic E-state index is 14.6. The van der Waals surface area contributed by atoms with Crippen molar-refractivity contribution in [3.8, 4) is 0 Å². The van der Waals surface area contributed by atoms with Gasteiger partial charge >= 0.3 is 0 Å². The van der Waals surface area contributed by atoms with Gasteiger partial charge in [0.15, 0.2) is 5.65 Å². The summed E-state index contributed by atoms with van der Waals surface area (Å²) < 4.78 is 21.7. The van der Waals surface area contributed by atoms with Crippen LogP contribution in [-0.2, 0) is 20.9 Å². The average Bonchev–Trinajstić information content (AvgIpc) is 3.33. The van der Waals surface area contributed by atoms with Crippen molar-refractivity contribution in [3.05, 3.63) is 54.0 Å². The van der Waals surface area contributed by atoms with Crippen LogP contribution in [-0.4, -0.2) is 68.1 Å². The molecule has 0 saturated carbocycles. The minimum absolute atomic E-state index is 0.0492. The third kappa shape index (κ3) is 5.70. The summed E-state index contributed by atoms with van der Waals surface area (Å²) in [5.74, 6) is -0.0952. The molecule has 0 aliphatic carbocycles. The number of nitrogens with one attached hydrogen (secondary N) is 3. The van der Waals surface area contributed by atoms with Gasteiger partial charge in [-0.05, 0) is 49.0 Å². The summed E-state index contributed by atoms with van der Waals surface area (Å²) in [6.07, 6.45) is 5.23. The number of ether oxygens (including phenoxy) is 1. The van der Waals surface area contributed by atoms with E-state index in [1.165, 1.54) is 17.0 Å². The van der Waals surface area contributed by atoms with Crippen LogP contribution in [0.1, 0.15) is 50.2 Å². The van der Waals surface area contributed by atoms with Crippen molar-refractivity contribution >= 4 is 35.0 Å². The molecule has 2 fully saturated rings. The molecule has 1 unspecified atom stereocenters. The first-order valence-corrected chi connectivity index (χ1v) is 13.2. The molecule has 3 N–H and O–H groups in total. The zero-order valence-electron chi connectivity index (χ0n) is 22.1. The molecule has 2 saturated heterocycles. The van der Waals surface area contributed by atoms with Crippen molar-refractivity contribution in [3.63, 3.8) is 0 Å². The molecule has 4 heterocycles. The lowest BCUT2D eigenvalue weighted by Gasteiger charge is -2.39. The summed E-state index contributed by atoms with van der Waals surface area (Å²) >= 11 is 0. The maximum Gasteiger partial charge on any atom is 0.247 e. The van der Waals surface area contributed by atoms with Gasteiger partial charge in [0, 0.05) is 37.9 Å². The van der Waals surface area contributed by atoms with Gasteiger partial charge in [-0.1, -0.05) is 26.5 Å². The van der Waals surface area contributed by atoms with Gasteiger partial charge in [-0.3, -0.25) is 9.59 Å². The molecule has 1 aromatic carbocycles. The Bertz CT molecular complexity index is 1380. The molecular formula is C27H33FN8O3. The number of benzene rings is 1. The highest BCUT2D eigenvalue weighted by molar-refractivity contribution is 6.00. The van der Waals surface area contributed by atoms with Gasteiger partial charge in [-0.2, -0.15) is 19.6 Å². The lowest BCUT2D eigenvalue weighted by atomic mass is 10.0. The van der Waals surface area contributed by atoms with Crippen LogP contribution in [0.2, 0.25) is 0 Å². The first-order valence-electron chi connectivity index (χ1n) is 13.2. The summed E-state index contributed by atoms with van der Waals surface area (Å²) in [4.78, 5) is 35.4. The van der Waals surface area contributed by atoms with E-state index in [4.69, 9.17) is 9.72 Å². The second kappa shape index (κ2) is 11.4. The van der Waals surface area contributed by atoms with Gasteiger partial charge in [0.05, 0.1) is 11.9 Å². The number of carbonyl (C=O) groups is 2. The van der Waals surface area contributed by atoms with Gasteiger partial charge in [-0.15, -0.1) is 0 Å².